The molecule has 2 heteroatoms. The number of hydrogen-bond acceptors (Lipinski definition) is 2. The second-order valence-corrected chi connectivity index (χ2v) is 3.39. The largest absolute Gasteiger partial charge is 0.279 e. The third kappa shape index (κ3) is 2.07. The topological polar surface area (TPSA) is 21.3 Å². The van der Waals surface area contributed by atoms with E-state index in [-0.39, 0.29) is 0 Å². The molecule has 0 aliphatic carbocycles. The zero-order chi connectivity index (χ0) is 10.6. The lowest BCUT2D eigenvalue weighted by atomic mass is 9.97. The summed E-state index contributed by atoms with van der Waals surface area (Å²) in [6.07, 6.45) is 2.17. The van der Waals surface area contributed by atoms with Gasteiger partial charge in [-0.2, -0.15) is 0 Å². The molecule has 0 radical (unpaired) electrons. The van der Waals surface area contributed by atoms with Gasteiger partial charge in [0.2, 0.25) is 0 Å². The maximum absolute atomic E-state index is 4.93. The average Bonchev–Trinajstić information content (AvgIpc) is 2.21. The molecule has 0 bridgehead atoms. The molecule has 0 saturated heterocycles. The van der Waals surface area contributed by atoms with Gasteiger partial charge in [-0.3, -0.25) is 10.3 Å². The minimum absolute atomic E-state index is 1.07. The van der Waals surface area contributed by atoms with Crippen LogP contribution in [0.2, 0.25) is 0 Å². The van der Waals surface area contributed by atoms with Crippen LogP contribution in [-0.2, 0) is 17.7 Å². The third-order valence-electron chi connectivity index (χ3n) is 2.64. The number of benzene rings is 1. The molecule has 0 amide bonds. The van der Waals surface area contributed by atoms with E-state index < -0.39 is 0 Å². The fraction of sp³-hybridized carbons (Fsp3) is 0.500. The first-order valence-electron chi connectivity index (χ1n) is 5.14. The molecule has 0 aromatic heterocycles. The van der Waals surface area contributed by atoms with Crippen LogP contribution in [0.15, 0.2) is 12.1 Å². The summed E-state index contributed by atoms with van der Waals surface area (Å²) in [7, 11) is 1.64. The summed E-state index contributed by atoms with van der Waals surface area (Å²) in [6.45, 7) is 6.52. The van der Waals surface area contributed by atoms with E-state index in [1.54, 1.807) is 7.11 Å². The Kier molecular flexibility index (Phi) is 3.96. The van der Waals surface area contributed by atoms with Gasteiger partial charge in [0.15, 0.2) is 0 Å². The summed E-state index contributed by atoms with van der Waals surface area (Å²) in [6, 6.07) is 4.25. The standard InChI is InChI=1S/C12H19NO/c1-5-10-7-8-12(13-14-4)9(3)11(10)6-2/h7-8,13H,5-6H2,1-4H3. The predicted molar refractivity (Wildman–Crippen MR) is 60.6 cm³/mol. The molecule has 0 aliphatic heterocycles. The lowest BCUT2D eigenvalue weighted by Gasteiger charge is -2.14. The Labute approximate surface area is 86.2 Å². The molecule has 1 rings (SSSR count). The molecule has 0 fully saturated rings. The van der Waals surface area contributed by atoms with Crippen molar-refractivity contribution >= 4 is 5.69 Å². The third-order valence-corrected chi connectivity index (χ3v) is 2.64. The van der Waals surface area contributed by atoms with Crippen LogP contribution in [0.4, 0.5) is 5.69 Å². The second kappa shape index (κ2) is 5.01. The van der Waals surface area contributed by atoms with E-state index in [9.17, 15) is 0 Å². The molecule has 1 aromatic carbocycles. The zero-order valence-corrected chi connectivity index (χ0v) is 9.48. The van der Waals surface area contributed by atoms with Gasteiger partial charge in [-0.25, -0.2) is 0 Å². The summed E-state index contributed by atoms with van der Waals surface area (Å²) in [5.41, 5.74) is 8.15. The van der Waals surface area contributed by atoms with Crippen LogP contribution < -0.4 is 5.48 Å². The van der Waals surface area contributed by atoms with Crippen molar-refractivity contribution in [1.82, 2.24) is 0 Å². The minimum Gasteiger partial charge on any atom is -0.279 e. The highest BCUT2D eigenvalue weighted by Gasteiger charge is 2.06. The Hall–Kier alpha value is -1.02. The van der Waals surface area contributed by atoms with Crippen molar-refractivity contribution in [3.8, 4) is 0 Å². The smallest absolute Gasteiger partial charge is 0.0636 e. The summed E-state index contributed by atoms with van der Waals surface area (Å²) >= 11 is 0. The van der Waals surface area contributed by atoms with E-state index >= 15 is 0 Å². The molecule has 2 nitrogen and oxygen atoms in total. The highest BCUT2D eigenvalue weighted by Crippen LogP contribution is 2.23. The van der Waals surface area contributed by atoms with E-state index in [2.05, 4.69) is 38.4 Å². The van der Waals surface area contributed by atoms with Crippen LogP contribution >= 0.6 is 0 Å². The number of aryl methyl sites for hydroxylation is 1. The van der Waals surface area contributed by atoms with Crippen molar-refractivity contribution < 1.29 is 4.84 Å². The highest BCUT2D eigenvalue weighted by atomic mass is 16.6. The van der Waals surface area contributed by atoms with Crippen molar-refractivity contribution in [3.05, 3.63) is 28.8 Å². The SMILES string of the molecule is CCc1ccc(NOC)c(C)c1CC. The summed E-state index contributed by atoms with van der Waals surface area (Å²) in [5, 5.41) is 0. The summed E-state index contributed by atoms with van der Waals surface area (Å²) in [4.78, 5) is 4.93. The van der Waals surface area contributed by atoms with E-state index in [1.807, 2.05) is 0 Å². The van der Waals surface area contributed by atoms with Crippen molar-refractivity contribution in [1.29, 1.82) is 0 Å². The van der Waals surface area contributed by atoms with Crippen LogP contribution in [0.25, 0.3) is 0 Å². The Morgan fingerprint density at radius 3 is 2.43 bits per heavy atom. The van der Waals surface area contributed by atoms with Gasteiger partial charge >= 0.3 is 0 Å². The molecule has 0 heterocycles. The van der Waals surface area contributed by atoms with Crippen LogP contribution in [-0.4, -0.2) is 7.11 Å². The van der Waals surface area contributed by atoms with Crippen molar-refractivity contribution in [3.63, 3.8) is 0 Å². The second-order valence-electron chi connectivity index (χ2n) is 3.39. The predicted octanol–water partition coefficient (Wildman–Crippen LogP) is 3.09. The van der Waals surface area contributed by atoms with Gasteiger partial charge in [0, 0.05) is 0 Å². The van der Waals surface area contributed by atoms with E-state index in [0.29, 0.717) is 0 Å². The molecule has 0 aliphatic rings. The molecule has 0 saturated carbocycles. The summed E-state index contributed by atoms with van der Waals surface area (Å²) in [5.74, 6) is 0. The van der Waals surface area contributed by atoms with E-state index in [1.165, 1.54) is 16.7 Å². The molecule has 1 N–H and O–H groups in total. The van der Waals surface area contributed by atoms with Crippen LogP contribution in [0.5, 0.6) is 0 Å². The van der Waals surface area contributed by atoms with Gasteiger partial charge in [-0.05, 0) is 42.5 Å². The Bertz CT molecular complexity index is 307. The van der Waals surface area contributed by atoms with Gasteiger partial charge in [0.1, 0.15) is 0 Å². The molecule has 0 spiro atoms. The van der Waals surface area contributed by atoms with Crippen molar-refractivity contribution in [2.75, 3.05) is 12.6 Å². The molecule has 0 unspecified atom stereocenters. The fourth-order valence-electron chi connectivity index (χ4n) is 1.86. The lowest BCUT2D eigenvalue weighted by molar-refractivity contribution is 0.270. The van der Waals surface area contributed by atoms with E-state index in [4.69, 9.17) is 4.84 Å². The normalized spacial score (nSPS) is 10.3. The maximum Gasteiger partial charge on any atom is 0.0636 e. The first kappa shape index (κ1) is 11.1. The van der Waals surface area contributed by atoms with Gasteiger partial charge in [0.25, 0.3) is 0 Å². The number of rotatable bonds is 4. The Morgan fingerprint density at radius 2 is 1.93 bits per heavy atom. The molecule has 14 heavy (non-hydrogen) atoms. The Balaban J connectivity index is 3.13. The first-order valence-corrected chi connectivity index (χ1v) is 5.14. The summed E-state index contributed by atoms with van der Waals surface area (Å²) < 4.78 is 0. The lowest BCUT2D eigenvalue weighted by Crippen LogP contribution is -2.02. The van der Waals surface area contributed by atoms with Gasteiger partial charge < -0.3 is 0 Å². The molecular weight excluding hydrogens is 174 g/mol. The maximum atomic E-state index is 4.93. The van der Waals surface area contributed by atoms with Crippen LogP contribution in [0.3, 0.4) is 0 Å². The van der Waals surface area contributed by atoms with Crippen LogP contribution in [0, 0.1) is 6.92 Å². The minimum atomic E-state index is 1.07. The Morgan fingerprint density at radius 1 is 1.21 bits per heavy atom. The zero-order valence-electron chi connectivity index (χ0n) is 9.48. The number of hydrogen-bond donors (Lipinski definition) is 1. The first-order chi connectivity index (χ1) is 6.74. The number of nitrogens with one attached hydrogen (secondary N) is 1. The van der Waals surface area contributed by atoms with Crippen LogP contribution in [0.1, 0.15) is 30.5 Å². The van der Waals surface area contributed by atoms with Crippen molar-refractivity contribution in [2.45, 2.75) is 33.6 Å². The van der Waals surface area contributed by atoms with Gasteiger partial charge in [0.05, 0.1) is 12.8 Å². The van der Waals surface area contributed by atoms with E-state index in [0.717, 1.165) is 18.5 Å². The highest BCUT2D eigenvalue weighted by molar-refractivity contribution is 5.55. The average molecular weight is 193 g/mol. The van der Waals surface area contributed by atoms with Crippen molar-refractivity contribution in [2.24, 2.45) is 0 Å². The van der Waals surface area contributed by atoms with Gasteiger partial charge in [-0.1, -0.05) is 19.9 Å². The number of anilines is 1. The molecule has 1 aromatic rings. The van der Waals surface area contributed by atoms with Gasteiger partial charge in [-0.15, -0.1) is 0 Å². The quantitative estimate of drug-likeness (QED) is 0.742. The molecule has 78 valence electrons. The monoisotopic (exact) mass is 193 g/mol. The molecule has 0 atom stereocenters. The fourth-order valence-corrected chi connectivity index (χ4v) is 1.86. The molecular formula is C12H19NO.